The van der Waals surface area contributed by atoms with E-state index in [0.29, 0.717) is 11.0 Å². The van der Waals surface area contributed by atoms with Crippen molar-refractivity contribution in [1.82, 2.24) is 15.0 Å². The minimum absolute atomic E-state index is 0.510. The van der Waals surface area contributed by atoms with Crippen LogP contribution in [0.3, 0.4) is 0 Å². The van der Waals surface area contributed by atoms with E-state index in [1.807, 2.05) is 18.5 Å². The zero-order valence-corrected chi connectivity index (χ0v) is 12.6. The van der Waals surface area contributed by atoms with Gasteiger partial charge >= 0.3 is 0 Å². The first kappa shape index (κ1) is 14.1. The van der Waals surface area contributed by atoms with Crippen molar-refractivity contribution < 1.29 is 0 Å². The molecule has 2 aromatic rings. The lowest BCUT2D eigenvalue weighted by Crippen LogP contribution is -1.97. The fourth-order valence-electron chi connectivity index (χ4n) is 1.48. The van der Waals surface area contributed by atoms with Gasteiger partial charge in [-0.15, -0.1) is 11.8 Å². The molecular weight excluding hydrogens is 276 g/mol. The molecule has 0 bridgehead atoms. The molecule has 2 N–H and O–H groups in total. The van der Waals surface area contributed by atoms with E-state index in [1.54, 1.807) is 29.6 Å². The van der Waals surface area contributed by atoms with Crippen molar-refractivity contribution in [2.75, 3.05) is 12.0 Å². The summed E-state index contributed by atoms with van der Waals surface area (Å²) in [5.41, 5.74) is 8.02. The van der Waals surface area contributed by atoms with Crippen molar-refractivity contribution in [3.05, 3.63) is 35.7 Å². The Kier molecular flexibility index (Phi) is 5.04. The number of rotatable bonds is 5. The predicted molar refractivity (Wildman–Crippen MR) is 81.4 cm³/mol. The van der Waals surface area contributed by atoms with Crippen LogP contribution in [-0.4, -0.2) is 21.2 Å². The molecule has 19 heavy (non-hydrogen) atoms. The van der Waals surface area contributed by atoms with Crippen molar-refractivity contribution in [3.8, 4) is 0 Å². The van der Waals surface area contributed by atoms with E-state index < -0.39 is 0 Å². The predicted octanol–water partition coefficient (Wildman–Crippen LogP) is 3.03. The SMILES string of the molecule is CCc1ccc(CSc2nc(N)cc(SC)n2)nc1. The van der Waals surface area contributed by atoms with Crippen molar-refractivity contribution in [1.29, 1.82) is 0 Å². The van der Waals surface area contributed by atoms with Crippen molar-refractivity contribution in [3.63, 3.8) is 0 Å². The van der Waals surface area contributed by atoms with E-state index in [9.17, 15) is 0 Å². The average molecular weight is 292 g/mol. The molecule has 0 saturated heterocycles. The number of nitrogens with two attached hydrogens (primary N) is 1. The second-order valence-corrected chi connectivity index (χ2v) is 5.69. The van der Waals surface area contributed by atoms with E-state index in [1.165, 1.54) is 5.56 Å². The largest absolute Gasteiger partial charge is 0.384 e. The lowest BCUT2D eigenvalue weighted by molar-refractivity contribution is 0.899. The zero-order chi connectivity index (χ0) is 13.7. The Morgan fingerprint density at radius 2 is 2.11 bits per heavy atom. The number of pyridine rings is 1. The van der Waals surface area contributed by atoms with Crippen LogP contribution in [0.1, 0.15) is 18.2 Å². The smallest absolute Gasteiger partial charge is 0.190 e. The third-order valence-electron chi connectivity index (χ3n) is 2.55. The summed E-state index contributed by atoms with van der Waals surface area (Å²) in [6.45, 7) is 2.12. The minimum atomic E-state index is 0.510. The molecule has 0 aliphatic rings. The highest BCUT2D eigenvalue weighted by molar-refractivity contribution is 7.99. The number of thioether (sulfide) groups is 2. The lowest BCUT2D eigenvalue weighted by Gasteiger charge is -2.04. The number of aromatic nitrogens is 3. The van der Waals surface area contributed by atoms with Crippen molar-refractivity contribution in [2.45, 2.75) is 29.3 Å². The Hall–Kier alpha value is -1.27. The maximum absolute atomic E-state index is 5.75. The van der Waals surface area contributed by atoms with Gasteiger partial charge in [-0.25, -0.2) is 9.97 Å². The van der Waals surface area contributed by atoms with Crippen LogP contribution in [0.25, 0.3) is 0 Å². The number of hydrogen-bond acceptors (Lipinski definition) is 6. The van der Waals surface area contributed by atoms with E-state index in [4.69, 9.17) is 5.73 Å². The second-order valence-electron chi connectivity index (χ2n) is 3.92. The summed E-state index contributed by atoms with van der Waals surface area (Å²) in [7, 11) is 0. The van der Waals surface area contributed by atoms with Crippen LogP contribution in [-0.2, 0) is 12.2 Å². The standard InChI is InChI=1S/C13H16N4S2/c1-3-9-4-5-10(15-7-9)8-19-13-16-11(14)6-12(17-13)18-2/h4-7H,3,8H2,1-2H3,(H2,14,16,17). The molecule has 0 aromatic carbocycles. The summed E-state index contributed by atoms with van der Waals surface area (Å²) >= 11 is 3.12. The molecular formula is C13H16N4S2. The molecule has 0 saturated carbocycles. The Labute approximate surface area is 121 Å². The van der Waals surface area contributed by atoms with Gasteiger partial charge in [0.05, 0.1) is 5.69 Å². The maximum Gasteiger partial charge on any atom is 0.190 e. The van der Waals surface area contributed by atoms with Gasteiger partial charge in [0.25, 0.3) is 0 Å². The van der Waals surface area contributed by atoms with Crippen LogP contribution in [0.4, 0.5) is 5.82 Å². The van der Waals surface area contributed by atoms with Gasteiger partial charge in [0, 0.05) is 18.0 Å². The number of hydrogen-bond donors (Lipinski definition) is 1. The highest BCUT2D eigenvalue weighted by Crippen LogP contribution is 2.22. The van der Waals surface area contributed by atoms with Gasteiger partial charge < -0.3 is 5.73 Å². The van der Waals surface area contributed by atoms with Crippen LogP contribution in [0.15, 0.2) is 34.6 Å². The van der Waals surface area contributed by atoms with E-state index in [0.717, 1.165) is 22.9 Å². The summed E-state index contributed by atoms with van der Waals surface area (Å²) < 4.78 is 0. The highest BCUT2D eigenvalue weighted by atomic mass is 32.2. The van der Waals surface area contributed by atoms with Crippen LogP contribution in [0.2, 0.25) is 0 Å². The van der Waals surface area contributed by atoms with Gasteiger partial charge in [-0.3, -0.25) is 4.98 Å². The molecule has 0 fully saturated rings. The van der Waals surface area contributed by atoms with Gasteiger partial charge in [0.2, 0.25) is 0 Å². The van der Waals surface area contributed by atoms with Gasteiger partial charge in [0.15, 0.2) is 5.16 Å². The molecule has 2 aromatic heterocycles. The summed E-state index contributed by atoms with van der Waals surface area (Å²) in [5, 5.41) is 1.59. The normalized spacial score (nSPS) is 10.6. The molecule has 6 heteroatoms. The number of nitrogens with zero attached hydrogens (tertiary/aromatic N) is 3. The summed E-state index contributed by atoms with van der Waals surface area (Å²) in [4.78, 5) is 13.0. The van der Waals surface area contributed by atoms with E-state index in [-0.39, 0.29) is 0 Å². The zero-order valence-electron chi connectivity index (χ0n) is 11.0. The first-order chi connectivity index (χ1) is 9.21. The fraction of sp³-hybridized carbons (Fsp3) is 0.308. The lowest BCUT2D eigenvalue weighted by atomic mass is 10.2. The topological polar surface area (TPSA) is 64.7 Å². The van der Waals surface area contributed by atoms with Gasteiger partial charge in [-0.2, -0.15) is 0 Å². The molecule has 0 unspecified atom stereocenters. The first-order valence-corrected chi connectivity index (χ1v) is 8.17. The van der Waals surface area contributed by atoms with Crippen LogP contribution in [0.5, 0.6) is 0 Å². The van der Waals surface area contributed by atoms with E-state index in [2.05, 4.69) is 27.9 Å². The Morgan fingerprint density at radius 1 is 1.26 bits per heavy atom. The number of aryl methyl sites for hydroxylation is 1. The molecule has 0 amide bonds. The van der Waals surface area contributed by atoms with Crippen LogP contribution >= 0.6 is 23.5 Å². The molecule has 0 aliphatic carbocycles. The molecule has 2 rings (SSSR count). The summed E-state index contributed by atoms with van der Waals surface area (Å²) in [6, 6.07) is 5.94. The third-order valence-corrected chi connectivity index (χ3v) is 4.06. The number of nitrogen functional groups attached to an aromatic ring is 1. The third kappa shape index (κ3) is 4.11. The number of anilines is 1. The fourth-order valence-corrected chi connectivity index (χ4v) is 2.73. The molecule has 0 aliphatic heterocycles. The molecule has 0 spiro atoms. The van der Waals surface area contributed by atoms with Crippen LogP contribution < -0.4 is 5.73 Å². The van der Waals surface area contributed by atoms with Crippen molar-refractivity contribution in [2.24, 2.45) is 0 Å². The Bertz CT molecular complexity index is 543. The monoisotopic (exact) mass is 292 g/mol. The molecule has 2 heterocycles. The Morgan fingerprint density at radius 3 is 2.74 bits per heavy atom. The van der Waals surface area contributed by atoms with Gasteiger partial charge in [-0.05, 0) is 24.3 Å². The first-order valence-electron chi connectivity index (χ1n) is 5.96. The van der Waals surface area contributed by atoms with Gasteiger partial charge in [0.1, 0.15) is 10.8 Å². The Balaban J connectivity index is 2.03. The molecule has 100 valence electrons. The molecule has 4 nitrogen and oxygen atoms in total. The highest BCUT2D eigenvalue weighted by Gasteiger charge is 2.04. The van der Waals surface area contributed by atoms with E-state index >= 15 is 0 Å². The molecule has 0 radical (unpaired) electrons. The van der Waals surface area contributed by atoms with Crippen molar-refractivity contribution >= 4 is 29.3 Å². The average Bonchev–Trinajstić information content (AvgIpc) is 2.45. The quantitative estimate of drug-likeness (QED) is 0.519. The van der Waals surface area contributed by atoms with Gasteiger partial charge in [-0.1, -0.05) is 24.8 Å². The molecule has 0 atom stereocenters. The summed E-state index contributed by atoms with van der Waals surface area (Å²) in [6.07, 6.45) is 4.90. The maximum atomic E-state index is 5.75. The summed E-state index contributed by atoms with van der Waals surface area (Å²) in [5.74, 6) is 1.26. The second kappa shape index (κ2) is 6.77. The van der Waals surface area contributed by atoms with Crippen LogP contribution in [0, 0.1) is 0 Å². The minimum Gasteiger partial charge on any atom is -0.384 e.